The first kappa shape index (κ1) is 12.4. The highest BCUT2D eigenvalue weighted by molar-refractivity contribution is 9.10. The zero-order valence-corrected chi connectivity index (χ0v) is 9.24. The van der Waals surface area contributed by atoms with Gasteiger partial charge in [-0.15, -0.1) is 0 Å². The van der Waals surface area contributed by atoms with Crippen molar-refractivity contribution in [2.24, 2.45) is 0 Å². The summed E-state index contributed by atoms with van der Waals surface area (Å²) in [6.45, 7) is 0. The van der Waals surface area contributed by atoms with E-state index in [1.165, 1.54) is 0 Å². The number of pyridine rings is 1. The third-order valence-corrected chi connectivity index (χ3v) is 2.31. The van der Waals surface area contributed by atoms with Crippen LogP contribution in [0.3, 0.4) is 0 Å². The monoisotopic (exact) mass is 291 g/mol. The van der Waals surface area contributed by atoms with Crippen LogP contribution in [0.15, 0.2) is 10.5 Å². The number of halogens is 3. The Bertz CT molecular complexity index is 473. The Balaban J connectivity index is 3.38. The Hall–Kier alpha value is -1.62. The number of nitro groups is 1. The van der Waals surface area contributed by atoms with Crippen molar-refractivity contribution in [1.82, 2.24) is 4.98 Å². The summed E-state index contributed by atoms with van der Waals surface area (Å²) in [5.41, 5.74) is -0.744. The average molecular weight is 292 g/mol. The molecule has 0 bridgehead atoms. The van der Waals surface area contributed by atoms with Crippen LogP contribution in [0.25, 0.3) is 0 Å². The minimum Gasteiger partial charge on any atom is -0.358 e. The summed E-state index contributed by atoms with van der Waals surface area (Å²) >= 11 is 2.78. The molecule has 0 atom stereocenters. The van der Waals surface area contributed by atoms with Crippen molar-refractivity contribution >= 4 is 21.7 Å². The van der Waals surface area contributed by atoms with Crippen LogP contribution < -0.4 is 0 Å². The third kappa shape index (κ3) is 2.49. The maximum atomic E-state index is 12.5. The van der Waals surface area contributed by atoms with Gasteiger partial charge < -0.3 is 10.1 Å². The minimum atomic E-state index is -2.83. The zero-order chi connectivity index (χ0) is 12.3. The van der Waals surface area contributed by atoms with Gasteiger partial charge >= 0.3 is 5.82 Å². The van der Waals surface area contributed by atoms with Crippen LogP contribution >= 0.6 is 15.9 Å². The molecule has 0 saturated carbocycles. The Morgan fingerprint density at radius 1 is 1.69 bits per heavy atom. The molecular weight excluding hydrogens is 288 g/mol. The van der Waals surface area contributed by atoms with E-state index in [4.69, 9.17) is 5.26 Å². The fraction of sp³-hybridized carbons (Fsp3) is 0.250. The lowest BCUT2D eigenvalue weighted by atomic mass is 10.1. The molecule has 5 nitrogen and oxygen atoms in total. The molecule has 0 unspecified atom stereocenters. The molecule has 0 amide bonds. The van der Waals surface area contributed by atoms with Gasteiger partial charge in [0.05, 0.1) is 11.6 Å². The molecule has 1 heterocycles. The Labute approximate surface area is 97.0 Å². The van der Waals surface area contributed by atoms with E-state index in [1.807, 2.05) is 0 Å². The number of hydrogen-bond donors (Lipinski definition) is 0. The molecule has 0 N–H and O–H groups in total. The van der Waals surface area contributed by atoms with Crippen molar-refractivity contribution in [3.8, 4) is 6.07 Å². The van der Waals surface area contributed by atoms with Gasteiger partial charge in [0.1, 0.15) is 10.9 Å². The Kier molecular flexibility index (Phi) is 3.84. The van der Waals surface area contributed by atoms with Gasteiger partial charge in [-0.25, -0.2) is 8.78 Å². The van der Waals surface area contributed by atoms with Gasteiger partial charge in [-0.2, -0.15) is 5.26 Å². The molecule has 0 aliphatic heterocycles. The molecule has 16 heavy (non-hydrogen) atoms. The lowest BCUT2D eigenvalue weighted by Crippen LogP contribution is -2.03. The lowest BCUT2D eigenvalue weighted by Gasteiger charge is -2.03. The topological polar surface area (TPSA) is 79.8 Å². The van der Waals surface area contributed by atoms with Gasteiger partial charge in [-0.3, -0.25) is 0 Å². The first-order valence-electron chi connectivity index (χ1n) is 3.96. The highest BCUT2D eigenvalue weighted by atomic mass is 79.9. The second-order valence-corrected chi connectivity index (χ2v) is 3.58. The summed E-state index contributed by atoms with van der Waals surface area (Å²) < 4.78 is 24.9. The van der Waals surface area contributed by atoms with E-state index in [-0.39, 0.29) is 10.2 Å². The van der Waals surface area contributed by atoms with Crippen LogP contribution in [-0.4, -0.2) is 9.91 Å². The van der Waals surface area contributed by atoms with Crippen LogP contribution in [-0.2, 0) is 6.42 Å². The highest BCUT2D eigenvalue weighted by Gasteiger charge is 2.24. The van der Waals surface area contributed by atoms with E-state index in [0.29, 0.717) is 0 Å². The standard InChI is InChI=1S/C8H4BrF2N3O2/c9-5-3-4(7(10)11)6(1-2-12)13-8(5)14(15)16/h3,7H,1H2. The van der Waals surface area contributed by atoms with Crippen LogP contribution in [0.5, 0.6) is 0 Å². The molecule has 1 aromatic rings. The van der Waals surface area contributed by atoms with Gasteiger partial charge in [-0.1, -0.05) is 0 Å². The molecule has 8 heteroatoms. The molecule has 0 spiro atoms. The van der Waals surface area contributed by atoms with E-state index in [1.54, 1.807) is 6.07 Å². The number of nitriles is 1. The highest BCUT2D eigenvalue weighted by Crippen LogP contribution is 2.30. The third-order valence-electron chi connectivity index (χ3n) is 1.72. The Morgan fingerprint density at radius 2 is 2.31 bits per heavy atom. The molecule has 1 aromatic heterocycles. The van der Waals surface area contributed by atoms with Crippen LogP contribution in [0.2, 0.25) is 0 Å². The predicted molar refractivity (Wildman–Crippen MR) is 52.9 cm³/mol. The van der Waals surface area contributed by atoms with Gasteiger partial charge in [0.2, 0.25) is 0 Å². The predicted octanol–water partition coefficient (Wildman–Crippen LogP) is 2.76. The quantitative estimate of drug-likeness (QED) is 0.633. The number of aromatic nitrogens is 1. The van der Waals surface area contributed by atoms with Crippen LogP contribution in [0, 0.1) is 21.4 Å². The van der Waals surface area contributed by atoms with Gasteiger partial charge in [0, 0.05) is 0 Å². The minimum absolute atomic E-state index is 0.130. The smallest absolute Gasteiger partial charge is 0.358 e. The fourth-order valence-electron chi connectivity index (χ4n) is 1.06. The molecule has 0 saturated heterocycles. The van der Waals surface area contributed by atoms with E-state index in [2.05, 4.69) is 20.9 Å². The molecule has 0 fully saturated rings. The molecule has 0 aliphatic carbocycles. The lowest BCUT2D eigenvalue weighted by molar-refractivity contribution is -0.390. The van der Waals surface area contributed by atoms with Crippen molar-refractivity contribution in [3.05, 3.63) is 31.9 Å². The second-order valence-electron chi connectivity index (χ2n) is 2.72. The summed E-state index contributed by atoms with van der Waals surface area (Å²) in [6, 6.07) is 2.55. The van der Waals surface area contributed by atoms with Crippen molar-refractivity contribution in [2.45, 2.75) is 12.8 Å². The first-order chi connectivity index (χ1) is 7.47. The van der Waals surface area contributed by atoms with E-state index < -0.39 is 29.2 Å². The summed E-state index contributed by atoms with van der Waals surface area (Å²) in [7, 11) is 0. The molecule has 0 aliphatic rings. The summed E-state index contributed by atoms with van der Waals surface area (Å²) in [6.07, 6.45) is -3.22. The van der Waals surface area contributed by atoms with Crippen molar-refractivity contribution in [1.29, 1.82) is 5.26 Å². The number of hydrogen-bond acceptors (Lipinski definition) is 4. The zero-order valence-electron chi connectivity index (χ0n) is 7.65. The second kappa shape index (κ2) is 4.94. The van der Waals surface area contributed by atoms with Gasteiger partial charge in [0.25, 0.3) is 6.43 Å². The van der Waals surface area contributed by atoms with Gasteiger partial charge in [0.15, 0.2) is 5.69 Å². The van der Waals surface area contributed by atoms with E-state index in [9.17, 15) is 18.9 Å². The fourth-order valence-corrected chi connectivity index (χ4v) is 1.54. The normalized spacial score (nSPS) is 10.2. The van der Waals surface area contributed by atoms with Crippen molar-refractivity contribution in [3.63, 3.8) is 0 Å². The van der Waals surface area contributed by atoms with E-state index >= 15 is 0 Å². The SMILES string of the molecule is N#CCc1nc([N+](=O)[O-])c(Br)cc1C(F)F. The van der Waals surface area contributed by atoms with Crippen LogP contribution in [0.4, 0.5) is 14.6 Å². The molecule has 0 radical (unpaired) electrons. The maximum absolute atomic E-state index is 12.5. The first-order valence-corrected chi connectivity index (χ1v) is 4.75. The number of nitrogens with zero attached hydrogens (tertiary/aromatic N) is 3. The van der Waals surface area contributed by atoms with Crippen LogP contribution in [0.1, 0.15) is 17.7 Å². The number of rotatable bonds is 3. The Morgan fingerprint density at radius 3 is 2.75 bits per heavy atom. The summed E-state index contributed by atoms with van der Waals surface area (Å²) in [5, 5.41) is 18.9. The van der Waals surface area contributed by atoms with Crippen molar-refractivity contribution in [2.75, 3.05) is 0 Å². The number of alkyl halides is 2. The average Bonchev–Trinajstić information content (AvgIpc) is 2.19. The largest absolute Gasteiger partial charge is 0.378 e. The molecule has 84 valence electrons. The van der Waals surface area contributed by atoms with E-state index in [0.717, 1.165) is 6.07 Å². The maximum Gasteiger partial charge on any atom is 0.378 e. The molecule has 0 aromatic carbocycles. The van der Waals surface area contributed by atoms with Gasteiger partial charge in [-0.05, 0) is 31.9 Å². The molecular formula is C8H4BrF2N3O2. The summed E-state index contributed by atoms with van der Waals surface area (Å²) in [5.74, 6) is -0.574. The molecule has 1 rings (SSSR count). The van der Waals surface area contributed by atoms with Crippen molar-refractivity contribution < 1.29 is 13.7 Å². The summed E-state index contributed by atoms with van der Waals surface area (Å²) in [4.78, 5) is 13.1.